The molecule has 0 atom stereocenters. The first kappa shape index (κ1) is 6.33. The van der Waals surface area contributed by atoms with Crippen molar-refractivity contribution in [2.24, 2.45) is 10.6 Å². The standard InChI is InChI=1S/C7H11NO/c1-6-4-9-8-5-7(6,2)3/h4-5H,1-3H3. The van der Waals surface area contributed by atoms with Crippen LogP contribution in [0.15, 0.2) is 17.0 Å². The van der Waals surface area contributed by atoms with Crippen molar-refractivity contribution in [1.82, 2.24) is 0 Å². The van der Waals surface area contributed by atoms with Gasteiger partial charge in [-0.1, -0.05) is 19.0 Å². The number of hydrogen-bond donors (Lipinski definition) is 0. The fourth-order valence-electron chi connectivity index (χ4n) is 0.525. The van der Waals surface area contributed by atoms with Crippen molar-refractivity contribution in [3.8, 4) is 0 Å². The molecule has 0 spiro atoms. The van der Waals surface area contributed by atoms with Gasteiger partial charge < -0.3 is 4.84 Å². The molecule has 1 aliphatic rings. The largest absolute Gasteiger partial charge is 0.365 e. The van der Waals surface area contributed by atoms with E-state index in [-0.39, 0.29) is 5.41 Å². The van der Waals surface area contributed by atoms with Gasteiger partial charge in [-0.2, -0.15) is 0 Å². The third kappa shape index (κ3) is 1.12. The van der Waals surface area contributed by atoms with E-state index < -0.39 is 0 Å². The van der Waals surface area contributed by atoms with Crippen LogP contribution >= 0.6 is 0 Å². The number of nitrogens with zero attached hydrogens (tertiary/aromatic N) is 1. The van der Waals surface area contributed by atoms with Crippen molar-refractivity contribution in [1.29, 1.82) is 0 Å². The quantitative estimate of drug-likeness (QED) is 0.484. The Kier molecular flexibility index (Phi) is 1.31. The van der Waals surface area contributed by atoms with Crippen LogP contribution in [0.25, 0.3) is 0 Å². The zero-order valence-electron chi connectivity index (χ0n) is 6.01. The zero-order valence-corrected chi connectivity index (χ0v) is 6.01. The summed E-state index contributed by atoms with van der Waals surface area (Å²) in [4.78, 5) is 4.72. The lowest BCUT2D eigenvalue weighted by atomic mass is 9.87. The van der Waals surface area contributed by atoms with Crippen molar-refractivity contribution in [3.05, 3.63) is 11.8 Å². The summed E-state index contributed by atoms with van der Waals surface area (Å²) in [7, 11) is 0. The Morgan fingerprint density at radius 3 is 2.56 bits per heavy atom. The van der Waals surface area contributed by atoms with Gasteiger partial charge in [0, 0.05) is 5.41 Å². The fraction of sp³-hybridized carbons (Fsp3) is 0.571. The maximum absolute atomic E-state index is 4.72. The van der Waals surface area contributed by atoms with Crippen molar-refractivity contribution in [2.45, 2.75) is 20.8 Å². The summed E-state index contributed by atoms with van der Waals surface area (Å²) >= 11 is 0. The topological polar surface area (TPSA) is 21.6 Å². The second kappa shape index (κ2) is 1.87. The Bertz CT molecular complexity index is 168. The van der Waals surface area contributed by atoms with Gasteiger partial charge in [0.2, 0.25) is 0 Å². The normalized spacial score (nSPS) is 22.8. The summed E-state index contributed by atoms with van der Waals surface area (Å²) in [6, 6.07) is 0. The Morgan fingerprint density at radius 1 is 1.56 bits per heavy atom. The third-order valence-electron chi connectivity index (χ3n) is 1.68. The van der Waals surface area contributed by atoms with Crippen LogP contribution in [0, 0.1) is 5.41 Å². The number of rotatable bonds is 0. The van der Waals surface area contributed by atoms with Gasteiger partial charge in [-0.25, -0.2) is 0 Å². The van der Waals surface area contributed by atoms with E-state index in [1.807, 2.05) is 13.1 Å². The zero-order chi connectivity index (χ0) is 6.91. The summed E-state index contributed by atoms with van der Waals surface area (Å²) in [5.74, 6) is 0. The highest BCUT2D eigenvalue weighted by atomic mass is 16.6. The summed E-state index contributed by atoms with van der Waals surface area (Å²) in [5, 5.41) is 3.68. The van der Waals surface area contributed by atoms with Gasteiger partial charge in [0.1, 0.15) is 6.26 Å². The molecule has 0 saturated carbocycles. The van der Waals surface area contributed by atoms with Crippen LogP contribution in [-0.2, 0) is 4.84 Å². The molecule has 2 heteroatoms. The minimum Gasteiger partial charge on any atom is -0.365 e. The van der Waals surface area contributed by atoms with Crippen LogP contribution in [0.2, 0.25) is 0 Å². The second-order valence-corrected chi connectivity index (χ2v) is 2.86. The molecule has 1 aliphatic heterocycles. The lowest BCUT2D eigenvalue weighted by Gasteiger charge is -2.21. The van der Waals surface area contributed by atoms with E-state index in [1.165, 1.54) is 5.57 Å². The second-order valence-electron chi connectivity index (χ2n) is 2.86. The molecule has 9 heavy (non-hydrogen) atoms. The van der Waals surface area contributed by atoms with E-state index in [0.29, 0.717) is 0 Å². The van der Waals surface area contributed by atoms with Gasteiger partial charge in [-0.3, -0.25) is 0 Å². The highest BCUT2D eigenvalue weighted by Gasteiger charge is 2.20. The highest BCUT2D eigenvalue weighted by molar-refractivity contribution is 5.69. The lowest BCUT2D eigenvalue weighted by molar-refractivity contribution is 0.247. The molecular weight excluding hydrogens is 114 g/mol. The SMILES string of the molecule is CC1=CON=CC1(C)C. The van der Waals surface area contributed by atoms with E-state index in [9.17, 15) is 0 Å². The van der Waals surface area contributed by atoms with E-state index >= 15 is 0 Å². The number of hydrogen-bond acceptors (Lipinski definition) is 2. The molecule has 1 rings (SSSR count). The van der Waals surface area contributed by atoms with Crippen molar-refractivity contribution >= 4 is 6.21 Å². The molecule has 0 aromatic carbocycles. The lowest BCUT2D eigenvalue weighted by Crippen LogP contribution is -2.17. The molecule has 0 aromatic rings. The van der Waals surface area contributed by atoms with Crippen LogP contribution in [0.4, 0.5) is 0 Å². The van der Waals surface area contributed by atoms with Crippen LogP contribution in [0.1, 0.15) is 20.8 Å². The average molecular weight is 125 g/mol. The molecule has 1 heterocycles. The highest BCUT2D eigenvalue weighted by Crippen LogP contribution is 2.25. The van der Waals surface area contributed by atoms with E-state index in [0.717, 1.165) is 0 Å². The predicted molar refractivity (Wildman–Crippen MR) is 37.1 cm³/mol. The van der Waals surface area contributed by atoms with E-state index in [1.54, 1.807) is 6.26 Å². The minimum absolute atomic E-state index is 0.0816. The van der Waals surface area contributed by atoms with Crippen molar-refractivity contribution < 1.29 is 4.84 Å². The smallest absolute Gasteiger partial charge is 0.121 e. The van der Waals surface area contributed by atoms with Crippen molar-refractivity contribution in [3.63, 3.8) is 0 Å². The minimum atomic E-state index is 0.0816. The molecule has 0 fully saturated rings. The molecule has 0 aromatic heterocycles. The van der Waals surface area contributed by atoms with Crippen LogP contribution in [-0.4, -0.2) is 6.21 Å². The van der Waals surface area contributed by atoms with Gasteiger partial charge in [0.15, 0.2) is 0 Å². The summed E-state index contributed by atoms with van der Waals surface area (Å²) in [6.45, 7) is 6.24. The molecule has 0 saturated heterocycles. The Morgan fingerprint density at radius 2 is 2.22 bits per heavy atom. The maximum atomic E-state index is 4.72. The molecule has 0 bridgehead atoms. The maximum Gasteiger partial charge on any atom is 0.121 e. The first-order chi connectivity index (χ1) is 4.13. The van der Waals surface area contributed by atoms with Crippen LogP contribution < -0.4 is 0 Å². The molecule has 0 N–H and O–H groups in total. The molecule has 0 aliphatic carbocycles. The van der Waals surface area contributed by atoms with Gasteiger partial charge in [-0.05, 0) is 12.5 Å². The fourth-order valence-corrected chi connectivity index (χ4v) is 0.525. The summed E-state index contributed by atoms with van der Waals surface area (Å²) in [6.07, 6.45) is 3.49. The predicted octanol–water partition coefficient (Wildman–Crippen LogP) is 1.93. The average Bonchev–Trinajstić information content (AvgIpc) is 1.77. The molecule has 2 nitrogen and oxygen atoms in total. The van der Waals surface area contributed by atoms with Gasteiger partial charge in [0.05, 0.1) is 6.21 Å². The Hall–Kier alpha value is -0.790. The monoisotopic (exact) mass is 125 g/mol. The molecule has 0 amide bonds. The van der Waals surface area contributed by atoms with Gasteiger partial charge in [-0.15, -0.1) is 0 Å². The third-order valence-corrected chi connectivity index (χ3v) is 1.68. The molecule has 0 unspecified atom stereocenters. The van der Waals surface area contributed by atoms with Crippen molar-refractivity contribution in [2.75, 3.05) is 0 Å². The number of oxime groups is 1. The molecule has 0 radical (unpaired) electrons. The van der Waals surface area contributed by atoms with Gasteiger partial charge >= 0.3 is 0 Å². The van der Waals surface area contributed by atoms with E-state index in [4.69, 9.17) is 4.84 Å². The van der Waals surface area contributed by atoms with E-state index in [2.05, 4.69) is 19.0 Å². The Balaban J connectivity index is 2.83. The van der Waals surface area contributed by atoms with Crippen LogP contribution in [0.3, 0.4) is 0 Å². The first-order valence-corrected chi connectivity index (χ1v) is 3.00. The van der Waals surface area contributed by atoms with Gasteiger partial charge in [0.25, 0.3) is 0 Å². The first-order valence-electron chi connectivity index (χ1n) is 3.00. The molecular formula is C7H11NO. The Labute approximate surface area is 55.2 Å². The number of allylic oxidation sites excluding steroid dienone is 1. The molecule has 50 valence electrons. The summed E-state index contributed by atoms with van der Waals surface area (Å²) < 4.78 is 0. The van der Waals surface area contributed by atoms with Crippen LogP contribution in [0.5, 0.6) is 0 Å². The summed E-state index contributed by atoms with van der Waals surface area (Å²) in [5.41, 5.74) is 1.29.